The fourth-order valence-corrected chi connectivity index (χ4v) is 0.749. The number of hydrogen-bond donors (Lipinski definition) is 1. The van der Waals surface area contributed by atoms with Gasteiger partial charge in [-0.2, -0.15) is 0 Å². The Balaban J connectivity index is 2.56. The molecule has 0 fully saturated rings. The van der Waals surface area contributed by atoms with Crippen molar-refractivity contribution in [2.45, 2.75) is 6.42 Å². The molecule has 1 heterocycles. The first-order valence-electron chi connectivity index (χ1n) is 3.56. The van der Waals surface area contributed by atoms with Crippen molar-refractivity contribution in [1.82, 2.24) is 15.0 Å². The van der Waals surface area contributed by atoms with Crippen molar-refractivity contribution in [2.24, 2.45) is 12.8 Å². The van der Waals surface area contributed by atoms with Crippen molar-refractivity contribution in [3.8, 4) is 0 Å². The zero-order valence-electron chi connectivity index (χ0n) is 6.57. The van der Waals surface area contributed by atoms with Crippen LogP contribution in [0.5, 0.6) is 0 Å². The van der Waals surface area contributed by atoms with Gasteiger partial charge in [-0.05, 0) is 19.0 Å². The van der Waals surface area contributed by atoms with Crippen molar-refractivity contribution >= 4 is 6.08 Å². The Morgan fingerprint density at radius 2 is 2.55 bits per heavy atom. The van der Waals surface area contributed by atoms with Gasteiger partial charge in [0.15, 0.2) is 0 Å². The first-order valence-corrected chi connectivity index (χ1v) is 3.56. The van der Waals surface area contributed by atoms with E-state index in [0.717, 1.165) is 12.1 Å². The number of nitrogens with zero attached hydrogens (tertiary/aromatic N) is 3. The molecule has 0 radical (unpaired) electrons. The van der Waals surface area contributed by atoms with Gasteiger partial charge in [-0.25, -0.2) is 4.68 Å². The van der Waals surface area contributed by atoms with E-state index >= 15 is 0 Å². The van der Waals surface area contributed by atoms with Crippen LogP contribution < -0.4 is 5.73 Å². The summed E-state index contributed by atoms with van der Waals surface area (Å²) < 4.78 is 1.72. The van der Waals surface area contributed by atoms with Gasteiger partial charge in [-0.15, -0.1) is 5.10 Å². The van der Waals surface area contributed by atoms with Crippen LogP contribution in [-0.2, 0) is 7.05 Å². The van der Waals surface area contributed by atoms with Crippen LogP contribution in [0.25, 0.3) is 6.08 Å². The second-order valence-corrected chi connectivity index (χ2v) is 2.26. The summed E-state index contributed by atoms with van der Waals surface area (Å²) in [5, 5.41) is 7.51. The molecule has 0 bridgehead atoms. The molecule has 0 amide bonds. The second kappa shape index (κ2) is 3.88. The summed E-state index contributed by atoms with van der Waals surface area (Å²) in [6.45, 7) is 0.682. The predicted molar refractivity (Wildman–Crippen MR) is 43.7 cm³/mol. The molecule has 0 aliphatic rings. The predicted octanol–water partition coefficient (Wildman–Crippen LogP) is 0.177. The van der Waals surface area contributed by atoms with Gasteiger partial charge in [-0.3, -0.25) is 0 Å². The number of aromatic nitrogens is 3. The van der Waals surface area contributed by atoms with E-state index in [1.54, 1.807) is 10.9 Å². The highest BCUT2D eigenvalue weighted by Crippen LogP contribution is 1.96. The molecular formula is C7H12N4. The Bertz CT molecular complexity index is 238. The molecule has 0 atom stereocenters. The summed E-state index contributed by atoms with van der Waals surface area (Å²) >= 11 is 0. The Morgan fingerprint density at radius 3 is 3.09 bits per heavy atom. The zero-order valence-corrected chi connectivity index (χ0v) is 6.57. The summed E-state index contributed by atoms with van der Waals surface area (Å²) in [6, 6.07) is 0. The van der Waals surface area contributed by atoms with Crippen LogP contribution in [0.2, 0.25) is 0 Å². The van der Waals surface area contributed by atoms with Crippen LogP contribution >= 0.6 is 0 Å². The Kier molecular flexibility index (Phi) is 2.80. The first kappa shape index (κ1) is 7.94. The lowest BCUT2D eigenvalue weighted by molar-refractivity contribution is 0.709. The summed E-state index contributed by atoms with van der Waals surface area (Å²) in [4.78, 5) is 0. The molecule has 1 aromatic heterocycles. The summed E-state index contributed by atoms with van der Waals surface area (Å²) in [6.07, 6.45) is 6.59. The minimum atomic E-state index is 0.682. The van der Waals surface area contributed by atoms with Gasteiger partial charge in [0.1, 0.15) is 0 Å². The van der Waals surface area contributed by atoms with E-state index in [2.05, 4.69) is 10.3 Å². The van der Waals surface area contributed by atoms with E-state index in [9.17, 15) is 0 Å². The molecular weight excluding hydrogens is 140 g/mol. The van der Waals surface area contributed by atoms with Gasteiger partial charge in [-0.1, -0.05) is 11.3 Å². The Morgan fingerprint density at radius 1 is 1.73 bits per heavy atom. The average molecular weight is 152 g/mol. The normalized spacial score (nSPS) is 11.1. The van der Waals surface area contributed by atoms with Crippen LogP contribution in [0.1, 0.15) is 12.1 Å². The van der Waals surface area contributed by atoms with Crippen molar-refractivity contribution in [3.63, 3.8) is 0 Å². The third kappa shape index (κ3) is 2.16. The van der Waals surface area contributed by atoms with Crippen LogP contribution in [0, 0.1) is 0 Å². The van der Waals surface area contributed by atoms with Crippen molar-refractivity contribution in [3.05, 3.63) is 18.0 Å². The molecule has 4 heteroatoms. The van der Waals surface area contributed by atoms with Gasteiger partial charge < -0.3 is 5.73 Å². The van der Waals surface area contributed by atoms with Crippen molar-refractivity contribution < 1.29 is 0 Å². The van der Waals surface area contributed by atoms with Crippen molar-refractivity contribution in [2.75, 3.05) is 6.54 Å². The van der Waals surface area contributed by atoms with Crippen LogP contribution in [0.3, 0.4) is 0 Å². The molecule has 0 unspecified atom stereocenters. The maximum Gasteiger partial charge on any atom is 0.0806 e. The molecule has 1 rings (SSSR count). The number of aryl methyl sites for hydroxylation is 1. The molecule has 60 valence electrons. The van der Waals surface area contributed by atoms with Crippen LogP contribution in [0.15, 0.2) is 12.3 Å². The summed E-state index contributed by atoms with van der Waals surface area (Å²) in [7, 11) is 1.86. The maximum absolute atomic E-state index is 5.32. The monoisotopic (exact) mass is 152 g/mol. The molecule has 2 N–H and O–H groups in total. The van der Waals surface area contributed by atoms with E-state index in [-0.39, 0.29) is 0 Å². The maximum atomic E-state index is 5.32. The highest BCUT2D eigenvalue weighted by Gasteiger charge is 1.91. The molecule has 0 aliphatic carbocycles. The van der Waals surface area contributed by atoms with E-state index in [4.69, 9.17) is 5.73 Å². The molecule has 0 aliphatic heterocycles. The number of rotatable bonds is 3. The molecule has 11 heavy (non-hydrogen) atoms. The topological polar surface area (TPSA) is 56.7 Å². The van der Waals surface area contributed by atoms with Crippen LogP contribution in [-0.4, -0.2) is 21.5 Å². The van der Waals surface area contributed by atoms with Gasteiger partial charge in [0.05, 0.1) is 11.9 Å². The average Bonchev–Trinajstić information content (AvgIpc) is 2.37. The Hall–Kier alpha value is -1.16. The van der Waals surface area contributed by atoms with E-state index in [1.807, 2.05) is 19.2 Å². The second-order valence-electron chi connectivity index (χ2n) is 2.26. The zero-order chi connectivity index (χ0) is 8.10. The number of hydrogen-bond acceptors (Lipinski definition) is 3. The van der Waals surface area contributed by atoms with E-state index in [1.165, 1.54) is 0 Å². The van der Waals surface area contributed by atoms with E-state index in [0.29, 0.717) is 6.54 Å². The summed E-state index contributed by atoms with van der Waals surface area (Å²) in [5.41, 5.74) is 6.32. The fraction of sp³-hybridized carbons (Fsp3) is 0.429. The first-order chi connectivity index (χ1) is 5.34. The standard InChI is InChI=1S/C7H12N4/c1-11-7(6-9-10-11)4-2-3-5-8/h2,4,6H,3,5,8H2,1H3/b4-2+. The molecule has 0 saturated carbocycles. The highest BCUT2D eigenvalue weighted by molar-refractivity contribution is 5.42. The third-order valence-electron chi connectivity index (χ3n) is 1.37. The molecule has 0 saturated heterocycles. The lowest BCUT2D eigenvalue weighted by Gasteiger charge is -1.90. The SMILES string of the molecule is Cn1nncc1/C=C/CCN. The molecule has 0 spiro atoms. The third-order valence-corrected chi connectivity index (χ3v) is 1.37. The van der Waals surface area contributed by atoms with Crippen molar-refractivity contribution in [1.29, 1.82) is 0 Å². The molecule has 0 aromatic carbocycles. The quantitative estimate of drug-likeness (QED) is 0.672. The minimum absolute atomic E-state index is 0.682. The van der Waals surface area contributed by atoms with E-state index < -0.39 is 0 Å². The fourth-order valence-electron chi connectivity index (χ4n) is 0.749. The highest BCUT2D eigenvalue weighted by atomic mass is 15.4. The lowest BCUT2D eigenvalue weighted by Crippen LogP contribution is -1.96. The number of nitrogens with two attached hydrogens (primary N) is 1. The van der Waals surface area contributed by atoms with Gasteiger partial charge in [0.25, 0.3) is 0 Å². The largest absolute Gasteiger partial charge is 0.330 e. The minimum Gasteiger partial charge on any atom is -0.330 e. The van der Waals surface area contributed by atoms with Gasteiger partial charge in [0.2, 0.25) is 0 Å². The smallest absolute Gasteiger partial charge is 0.0806 e. The Labute approximate surface area is 65.7 Å². The molecule has 4 nitrogen and oxygen atoms in total. The van der Waals surface area contributed by atoms with Gasteiger partial charge in [0, 0.05) is 7.05 Å². The lowest BCUT2D eigenvalue weighted by atomic mass is 10.3. The summed E-state index contributed by atoms with van der Waals surface area (Å²) in [5.74, 6) is 0. The molecule has 1 aromatic rings. The van der Waals surface area contributed by atoms with Gasteiger partial charge >= 0.3 is 0 Å². The van der Waals surface area contributed by atoms with Crippen LogP contribution in [0.4, 0.5) is 0 Å².